The van der Waals surface area contributed by atoms with Crippen molar-refractivity contribution in [3.8, 4) is 0 Å². The van der Waals surface area contributed by atoms with E-state index in [4.69, 9.17) is 10.2 Å². The molecule has 0 aliphatic heterocycles. The fourth-order valence-corrected chi connectivity index (χ4v) is 2.79. The number of allylic oxidation sites excluding steroid dienone is 2. The van der Waals surface area contributed by atoms with Gasteiger partial charge in [0.2, 0.25) is 0 Å². The van der Waals surface area contributed by atoms with Gasteiger partial charge < -0.3 is 10.2 Å². The fraction of sp³-hybridized carbons (Fsp3) is 0.900. The molecule has 0 saturated carbocycles. The molecule has 0 aromatic rings. The van der Waals surface area contributed by atoms with Crippen LogP contribution in [0.25, 0.3) is 0 Å². The van der Waals surface area contributed by atoms with Crippen LogP contribution >= 0.6 is 0 Å². The van der Waals surface area contributed by atoms with Gasteiger partial charge in [-0.1, -0.05) is 70.9 Å². The van der Waals surface area contributed by atoms with Crippen molar-refractivity contribution in [2.75, 3.05) is 13.2 Å². The Morgan fingerprint density at radius 3 is 1.68 bits per heavy atom. The van der Waals surface area contributed by atoms with Crippen molar-refractivity contribution in [2.24, 2.45) is 5.41 Å². The second kappa shape index (κ2) is 15.6. The van der Waals surface area contributed by atoms with Crippen LogP contribution in [-0.4, -0.2) is 23.4 Å². The highest BCUT2D eigenvalue weighted by atomic mass is 16.3. The van der Waals surface area contributed by atoms with Crippen LogP contribution in [0.4, 0.5) is 0 Å². The minimum absolute atomic E-state index is 0.314. The van der Waals surface area contributed by atoms with Crippen molar-refractivity contribution in [1.29, 1.82) is 0 Å². The van der Waals surface area contributed by atoms with Crippen molar-refractivity contribution >= 4 is 0 Å². The molecule has 132 valence electrons. The molecule has 0 spiro atoms. The van der Waals surface area contributed by atoms with Gasteiger partial charge in [0.25, 0.3) is 0 Å². The predicted octanol–water partition coefficient (Wildman–Crippen LogP) is 5.62. The van der Waals surface area contributed by atoms with Gasteiger partial charge in [-0.15, -0.1) is 0 Å². The minimum Gasteiger partial charge on any atom is -0.396 e. The first-order chi connectivity index (χ1) is 10.6. The molecule has 0 aromatic carbocycles. The highest BCUT2D eigenvalue weighted by Gasteiger charge is 2.14. The third-order valence-electron chi connectivity index (χ3n) is 4.38. The Labute approximate surface area is 139 Å². The van der Waals surface area contributed by atoms with E-state index < -0.39 is 0 Å². The first-order valence-corrected chi connectivity index (χ1v) is 9.49. The van der Waals surface area contributed by atoms with Gasteiger partial charge >= 0.3 is 0 Å². The summed E-state index contributed by atoms with van der Waals surface area (Å²) in [4.78, 5) is 0. The normalized spacial score (nSPS) is 12.4. The molecule has 0 aliphatic rings. The smallest absolute Gasteiger partial charge is 0.0431 e. The molecule has 0 aromatic heterocycles. The molecular weight excluding hydrogens is 272 g/mol. The maximum Gasteiger partial charge on any atom is 0.0431 e. The number of aliphatic hydroxyl groups excluding tert-OH is 2. The fourth-order valence-electron chi connectivity index (χ4n) is 2.79. The molecule has 22 heavy (non-hydrogen) atoms. The molecule has 0 radical (unpaired) electrons. The molecular formula is C20H40O2. The Balaban J connectivity index is 3.30. The Morgan fingerprint density at radius 2 is 1.14 bits per heavy atom. The summed E-state index contributed by atoms with van der Waals surface area (Å²) in [7, 11) is 0. The van der Waals surface area contributed by atoms with E-state index in [2.05, 4.69) is 26.0 Å². The first-order valence-electron chi connectivity index (χ1n) is 9.49. The zero-order chi connectivity index (χ0) is 16.5. The number of hydrogen-bond donors (Lipinski definition) is 2. The summed E-state index contributed by atoms with van der Waals surface area (Å²) < 4.78 is 0. The molecule has 0 aliphatic carbocycles. The van der Waals surface area contributed by atoms with Crippen molar-refractivity contribution in [2.45, 2.75) is 97.3 Å². The second-order valence-corrected chi connectivity index (χ2v) is 7.36. The summed E-state index contributed by atoms with van der Waals surface area (Å²) >= 11 is 0. The van der Waals surface area contributed by atoms with Crippen molar-refractivity contribution in [3.05, 3.63) is 12.2 Å². The van der Waals surface area contributed by atoms with E-state index in [1.54, 1.807) is 0 Å². The predicted molar refractivity (Wildman–Crippen MR) is 97.1 cm³/mol. The molecule has 0 bridgehead atoms. The number of unbranched alkanes of at least 4 members (excludes halogenated alkanes) is 9. The summed E-state index contributed by atoms with van der Waals surface area (Å²) in [5.41, 5.74) is 0.329. The van der Waals surface area contributed by atoms with Crippen LogP contribution in [0, 0.1) is 5.41 Å². The van der Waals surface area contributed by atoms with Crippen LogP contribution in [0.15, 0.2) is 12.2 Å². The molecule has 2 nitrogen and oxygen atoms in total. The number of hydrogen-bond acceptors (Lipinski definition) is 2. The third-order valence-corrected chi connectivity index (χ3v) is 4.38. The summed E-state index contributed by atoms with van der Waals surface area (Å²) in [6, 6.07) is 0. The third kappa shape index (κ3) is 16.0. The molecule has 0 fully saturated rings. The Hall–Kier alpha value is -0.340. The van der Waals surface area contributed by atoms with E-state index in [1.807, 2.05) is 0 Å². The van der Waals surface area contributed by atoms with E-state index in [-0.39, 0.29) is 0 Å². The Kier molecular flexibility index (Phi) is 15.3. The lowest BCUT2D eigenvalue weighted by molar-refractivity contribution is 0.242. The average Bonchev–Trinajstić information content (AvgIpc) is 2.50. The van der Waals surface area contributed by atoms with Gasteiger partial charge in [0, 0.05) is 13.2 Å². The molecule has 0 heterocycles. The molecule has 2 heteroatoms. The lowest BCUT2D eigenvalue weighted by Crippen LogP contribution is -2.10. The summed E-state index contributed by atoms with van der Waals surface area (Å²) in [6.45, 7) is 5.24. The van der Waals surface area contributed by atoms with E-state index in [0.29, 0.717) is 18.6 Å². The lowest BCUT2D eigenvalue weighted by Gasteiger charge is -2.22. The van der Waals surface area contributed by atoms with Crippen LogP contribution in [0.1, 0.15) is 97.3 Å². The van der Waals surface area contributed by atoms with E-state index in [1.165, 1.54) is 57.8 Å². The van der Waals surface area contributed by atoms with E-state index >= 15 is 0 Å². The van der Waals surface area contributed by atoms with Crippen LogP contribution in [-0.2, 0) is 0 Å². The van der Waals surface area contributed by atoms with Gasteiger partial charge in [-0.3, -0.25) is 0 Å². The van der Waals surface area contributed by atoms with Crippen molar-refractivity contribution in [1.82, 2.24) is 0 Å². The highest BCUT2D eigenvalue weighted by molar-refractivity contribution is 4.87. The lowest BCUT2D eigenvalue weighted by atomic mass is 9.84. The standard InChI is InChI=1S/C20H40O2/c1-20(2,17-15-19-22)16-13-11-9-7-5-3-4-6-8-10-12-14-18-21/h11,13,21-22H,3-10,12,14-19H2,1-2H3. The van der Waals surface area contributed by atoms with Crippen molar-refractivity contribution < 1.29 is 10.2 Å². The van der Waals surface area contributed by atoms with Crippen LogP contribution in [0.5, 0.6) is 0 Å². The molecule has 0 amide bonds. The van der Waals surface area contributed by atoms with Gasteiger partial charge in [-0.2, -0.15) is 0 Å². The molecule has 0 saturated heterocycles. The van der Waals surface area contributed by atoms with Crippen LogP contribution in [0.3, 0.4) is 0 Å². The summed E-state index contributed by atoms with van der Waals surface area (Å²) in [5.74, 6) is 0. The van der Waals surface area contributed by atoms with E-state index in [9.17, 15) is 0 Å². The Bertz CT molecular complexity index is 246. The highest BCUT2D eigenvalue weighted by Crippen LogP contribution is 2.27. The monoisotopic (exact) mass is 312 g/mol. The number of rotatable bonds is 16. The zero-order valence-electron chi connectivity index (χ0n) is 15.2. The first kappa shape index (κ1) is 21.7. The molecule has 0 atom stereocenters. The molecule has 2 N–H and O–H groups in total. The molecule has 0 unspecified atom stereocenters. The van der Waals surface area contributed by atoms with Crippen molar-refractivity contribution in [3.63, 3.8) is 0 Å². The Morgan fingerprint density at radius 1 is 0.636 bits per heavy atom. The van der Waals surface area contributed by atoms with Gasteiger partial charge in [0.05, 0.1) is 0 Å². The van der Waals surface area contributed by atoms with Gasteiger partial charge in [-0.25, -0.2) is 0 Å². The summed E-state index contributed by atoms with van der Waals surface area (Å²) in [6.07, 6.45) is 20.6. The topological polar surface area (TPSA) is 40.5 Å². The van der Waals surface area contributed by atoms with E-state index in [0.717, 1.165) is 25.7 Å². The zero-order valence-corrected chi connectivity index (χ0v) is 15.2. The van der Waals surface area contributed by atoms with Crippen LogP contribution in [0.2, 0.25) is 0 Å². The molecule has 0 rings (SSSR count). The average molecular weight is 313 g/mol. The quantitative estimate of drug-likeness (QED) is 0.287. The maximum atomic E-state index is 8.89. The van der Waals surface area contributed by atoms with Gasteiger partial charge in [0.1, 0.15) is 0 Å². The minimum atomic E-state index is 0.314. The maximum absolute atomic E-state index is 8.89. The second-order valence-electron chi connectivity index (χ2n) is 7.36. The largest absolute Gasteiger partial charge is 0.396 e. The summed E-state index contributed by atoms with van der Waals surface area (Å²) in [5, 5.41) is 17.6. The van der Waals surface area contributed by atoms with Gasteiger partial charge in [-0.05, 0) is 43.9 Å². The van der Waals surface area contributed by atoms with Crippen LogP contribution < -0.4 is 0 Å². The SMILES string of the molecule is CC(C)(CC=CCCCCCCCCCCCO)CCCO. The van der Waals surface area contributed by atoms with Gasteiger partial charge in [0.15, 0.2) is 0 Å². The number of aliphatic hydroxyl groups is 2.